The second-order valence-electron chi connectivity index (χ2n) is 6.65. The van der Waals surface area contributed by atoms with Gasteiger partial charge in [0.25, 0.3) is 0 Å². The topological polar surface area (TPSA) is 75.6 Å². The van der Waals surface area contributed by atoms with Gasteiger partial charge in [0.05, 0.1) is 0 Å². The van der Waals surface area contributed by atoms with Gasteiger partial charge in [0.1, 0.15) is 10.6 Å². The Kier molecular flexibility index (Phi) is 5.86. The van der Waals surface area contributed by atoms with E-state index in [2.05, 4.69) is 14.1 Å². The molecule has 0 bridgehead atoms. The molecule has 12 heteroatoms. The number of anilines is 1. The molecule has 0 spiro atoms. The maximum atomic E-state index is 13.0. The van der Waals surface area contributed by atoms with Crippen molar-refractivity contribution in [3.05, 3.63) is 54.6 Å². The molecule has 31 heavy (non-hydrogen) atoms. The van der Waals surface area contributed by atoms with Crippen molar-refractivity contribution in [1.82, 2.24) is 13.7 Å². The number of alkyl halides is 3. The van der Waals surface area contributed by atoms with Gasteiger partial charge in [-0.1, -0.05) is 42.5 Å². The van der Waals surface area contributed by atoms with Crippen LogP contribution in [0.3, 0.4) is 0 Å². The molecule has 0 amide bonds. The normalized spacial score (nSPS) is 15.8. The van der Waals surface area contributed by atoms with Gasteiger partial charge in [0, 0.05) is 43.3 Å². The highest BCUT2D eigenvalue weighted by molar-refractivity contribution is 7.89. The molecule has 3 aromatic rings. The molecule has 0 unspecified atom stereocenters. The van der Waals surface area contributed by atoms with Gasteiger partial charge < -0.3 is 9.64 Å². The lowest BCUT2D eigenvalue weighted by atomic mass is 10.2. The fourth-order valence-corrected chi connectivity index (χ4v) is 5.46. The summed E-state index contributed by atoms with van der Waals surface area (Å²) in [7, 11) is -4.16. The summed E-state index contributed by atoms with van der Waals surface area (Å²) in [5.74, 6) is -0.150. The lowest BCUT2D eigenvalue weighted by Crippen LogP contribution is -2.48. The third kappa shape index (κ3) is 4.81. The maximum absolute atomic E-state index is 13.0. The van der Waals surface area contributed by atoms with Crippen LogP contribution in [0.1, 0.15) is 0 Å². The van der Waals surface area contributed by atoms with E-state index in [0.717, 1.165) is 22.0 Å². The van der Waals surface area contributed by atoms with E-state index in [4.69, 9.17) is 0 Å². The van der Waals surface area contributed by atoms with E-state index in [9.17, 15) is 21.6 Å². The molecule has 1 aliphatic heterocycles. The molecule has 0 aliphatic carbocycles. The Labute approximate surface area is 180 Å². The minimum atomic E-state index is -4.99. The van der Waals surface area contributed by atoms with Gasteiger partial charge in [0.15, 0.2) is 5.82 Å². The van der Waals surface area contributed by atoms with Crippen molar-refractivity contribution in [2.24, 2.45) is 0 Å². The van der Waals surface area contributed by atoms with Crippen LogP contribution in [0, 0.1) is 0 Å². The highest BCUT2D eigenvalue weighted by Crippen LogP contribution is 2.32. The fourth-order valence-electron chi connectivity index (χ4n) is 3.18. The van der Waals surface area contributed by atoms with Gasteiger partial charge in [0.2, 0.25) is 15.2 Å². The van der Waals surface area contributed by atoms with Gasteiger partial charge in [-0.25, -0.2) is 8.42 Å². The van der Waals surface area contributed by atoms with Gasteiger partial charge in [-0.05, 0) is 12.1 Å². The summed E-state index contributed by atoms with van der Waals surface area (Å²) in [4.78, 5) is 5.92. The Bertz CT molecular complexity index is 1150. The smallest absolute Gasteiger partial charge is 0.404 e. The predicted molar refractivity (Wildman–Crippen MR) is 109 cm³/mol. The average Bonchev–Trinajstić information content (AvgIpc) is 3.24. The number of hydrogen-bond donors (Lipinski definition) is 0. The number of para-hydroxylation sites is 1. The standard InChI is InChI=1S/C19H17F3N4O3S2/c20-19(21,22)29-15-8-4-5-9-16(15)31(27,28)26-12-10-25(11-13-26)18-23-17(24-30-18)14-6-2-1-3-7-14/h1-9H,10-13H2. The zero-order chi connectivity index (χ0) is 22.1. The summed E-state index contributed by atoms with van der Waals surface area (Å²) in [6, 6.07) is 14.2. The van der Waals surface area contributed by atoms with Gasteiger partial charge in [-0.2, -0.15) is 13.7 Å². The average molecular weight is 470 g/mol. The van der Waals surface area contributed by atoms with Crippen LogP contribution in [-0.2, 0) is 10.0 Å². The summed E-state index contributed by atoms with van der Waals surface area (Å²) in [6.07, 6.45) is -4.99. The minimum Gasteiger partial charge on any atom is -0.404 e. The van der Waals surface area contributed by atoms with Crippen molar-refractivity contribution in [3.63, 3.8) is 0 Å². The number of rotatable bonds is 5. The van der Waals surface area contributed by atoms with E-state index in [1.165, 1.54) is 23.7 Å². The second kappa shape index (κ2) is 8.44. The quantitative estimate of drug-likeness (QED) is 0.567. The van der Waals surface area contributed by atoms with Crippen LogP contribution in [0.15, 0.2) is 59.5 Å². The van der Waals surface area contributed by atoms with Crippen LogP contribution >= 0.6 is 11.5 Å². The number of hydrogen-bond acceptors (Lipinski definition) is 7. The van der Waals surface area contributed by atoms with Crippen LogP contribution in [-0.4, -0.2) is 54.6 Å². The van der Waals surface area contributed by atoms with Gasteiger partial charge in [-0.3, -0.25) is 0 Å². The summed E-state index contributed by atoms with van der Waals surface area (Å²) in [5.41, 5.74) is 0.882. The molecule has 1 aromatic heterocycles. The Morgan fingerprint density at radius 3 is 2.26 bits per heavy atom. The van der Waals surface area contributed by atoms with Crippen molar-refractivity contribution in [3.8, 4) is 17.1 Å². The van der Waals surface area contributed by atoms with Crippen molar-refractivity contribution in [2.75, 3.05) is 31.1 Å². The maximum Gasteiger partial charge on any atom is 0.573 e. The molecule has 2 aromatic carbocycles. The van der Waals surface area contributed by atoms with Crippen LogP contribution in [0.5, 0.6) is 5.75 Å². The summed E-state index contributed by atoms with van der Waals surface area (Å²) in [6.45, 7) is 0.877. The Morgan fingerprint density at radius 2 is 1.58 bits per heavy atom. The Morgan fingerprint density at radius 1 is 0.935 bits per heavy atom. The highest BCUT2D eigenvalue weighted by atomic mass is 32.2. The molecule has 0 saturated carbocycles. The molecular weight excluding hydrogens is 453 g/mol. The zero-order valence-corrected chi connectivity index (χ0v) is 17.6. The zero-order valence-electron chi connectivity index (χ0n) is 16.0. The highest BCUT2D eigenvalue weighted by Gasteiger charge is 2.36. The molecule has 164 valence electrons. The summed E-state index contributed by atoms with van der Waals surface area (Å²) < 4.78 is 73.3. The van der Waals surface area contributed by atoms with E-state index >= 15 is 0 Å². The van der Waals surface area contributed by atoms with Crippen molar-refractivity contribution in [1.29, 1.82) is 0 Å². The number of aromatic nitrogens is 2. The predicted octanol–water partition coefficient (Wildman–Crippen LogP) is 3.61. The summed E-state index contributed by atoms with van der Waals surface area (Å²) in [5, 5.41) is 0.664. The molecule has 0 N–H and O–H groups in total. The number of halogens is 3. The molecule has 7 nitrogen and oxygen atoms in total. The van der Waals surface area contributed by atoms with E-state index in [0.29, 0.717) is 24.0 Å². The summed E-state index contributed by atoms with van der Waals surface area (Å²) >= 11 is 1.22. The minimum absolute atomic E-state index is 0.100. The number of sulfonamides is 1. The Balaban J connectivity index is 1.47. The first-order valence-corrected chi connectivity index (χ1v) is 11.4. The van der Waals surface area contributed by atoms with Crippen LogP contribution in [0.2, 0.25) is 0 Å². The number of piperazine rings is 1. The van der Waals surface area contributed by atoms with Crippen molar-refractivity contribution >= 4 is 26.7 Å². The molecule has 1 aliphatic rings. The Hall–Kier alpha value is -2.70. The number of benzene rings is 2. The molecule has 1 fully saturated rings. The third-order valence-electron chi connectivity index (χ3n) is 4.65. The monoisotopic (exact) mass is 470 g/mol. The first-order valence-electron chi connectivity index (χ1n) is 9.23. The van der Waals surface area contributed by atoms with E-state index in [1.807, 2.05) is 35.2 Å². The van der Waals surface area contributed by atoms with Crippen molar-refractivity contribution < 1.29 is 26.3 Å². The number of ether oxygens (including phenoxy) is 1. The van der Waals surface area contributed by atoms with Crippen LogP contribution < -0.4 is 9.64 Å². The molecule has 4 rings (SSSR count). The first-order chi connectivity index (χ1) is 14.7. The number of nitrogens with zero attached hydrogens (tertiary/aromatic N) is 4. The molecule has 0 radical (unpaired) electrons. The lowest BCUT2D eigenvalue weighted by molar-refractivity contribution is -0.275. The first kappa shape index (κ1) is 21.5. The lowest BCUT2D eigenvalue weighted by Gasteiger charge is -2.33. The SMILES string of the molecule is O=S(=O)(c1ccccc1OC(F)(F)F)N1CCN(c2nc(-c3ccccc3)ns2)CC1. The molecule has 0 atom stereocenters. The van der Waals surface area contributed by atoms with Gasteiger partial charge >= 0.3 is 6.36 Å². The van der Waals surface area contributed by atoms with Crippen LogP contribution in [0.25, 0.3) is 11.4 Å². The van der Waals surface area contributed by atoms with E-state index in [-0.39, 0.29) is 13.1 Å². The van der Waals surface area contributed by atoms with E-state index in [1.54, 1.807) is 0 Å². The van der Waals surface area contributed by atoms with Crippen molar-refractivity contribution in [2.45, 2.75) is 11.3 Å². The van der Waals surface area contributed by atoms with Gasteiger partial charge in [-0.15, -0.1) is 13.2 Å². The van der Waals surface area contributed by atoms with E-state index < -0.39 is 27.0 Å². The van der Waals surface area contributed by atoms with Crippen LogP contribution in [0.4, 0.5) is 18.3 Å². The molecular formula is C19H17F3N4O3S2. The molecule has 1 saturated heterocycles. The second-order valence-corrected chi connectivity index (χ2v) is 9.29. The third-order valence-corrected chi connectivity index (χ3v) is 7.36. The fraction of sp³-hybridized carbons (Fsp3) is 0.263. The largest absolute Gasteiger partial charge is 0.573 e. The molecule has 2 heterocycles.